The monoisotopic (exact) mass is 222 g/mol. The average Bonchev–Trinajstić information content (AvgIpc) is 2.29. The minimum absolute atomic E-state index is 0.0432. The van der Waals surface area contributed by atoms with Gasteiger partial charge in [0.25, 0.3) is 0 Å². The van der Waals surface area contributed by atoms with Crippen molar-refractivity contribution in [2.45, 2.75) is 6.42 Å². The average molecular weight is 222 g/mol. The van der Waals surface area contributed by atoms with Gasteiger partial charge in [0, 0.05) is 33.5 Å². The number of anilines is 1. The Morgan fingerprint density at radius 1 is 1.62 bits per heavy atom. The number of nitrogens with two attached hydrogens (primary N) is 1. The standard InChI is InChI=1S/C11H18N4O/c1-15(7-4-8-16-2)11-9(10(12)13)5-3-6-14-11/h3,5-6H,4,7-8H2,1-2H3,(H3,12,13). The van der Waals surface area contributed by atoms with Gasteiger partial charge in [-0.15, -0.1) is 0 Å². The normalized spacial score (nSPS) is 10.1. The molecule has 0 saturated heterocycles. The van der Waals surface area contributed by atoms with Crippen LogP contribution in [-0.4, -0.2) is 38.1 Å². The lowest BCUT2D eigenvalue weighted by Gasteiger charge is -2.20. The second-order valence-electron chi connectivity index (χ2n) is 3.56. The summed E-state index contributed by atoms with van der Waals surface area (Å²) in [5.41, 5.74) is 6.17. The van der Waals surface area contributed by atoms with E-state index in [9.17, 15) is 0 Å². The van der Waals surface area contributed by atoms with Crippen LogP contribution in [0.4, 0.5) is 5.82 Å². The molecule has 0 atom stereocenters. The van der Waals surface area contributed by atoms with E-state index in [2.05, 4.69) is 4.98 Å². The summed E-state index contributed by atoms with van der Waals surface area (Å²) in [6.07, 6.45) is 2.62. The molecule has 0 aromatic carbocycles. The molecule has 0 radical (unpaired) electrons. The number of nitrogens with one attached hydrogen (secondary N) is 1. The molecular weight excluding hydrogens is 204 g/mol. The highest BCUT2D eigenvalue weighted by Crippen LogP contribution is 2.14. The van der Waals surface area contributed by atoms with Crippen LogP contribution in [0.25, 0.3) is 0 Å². The molecule has 0 aliphatic carbocycles. The molecule has 88 valence electrons. The molecule has 0 spiro atoms. The van der Waals surface area contributed by atoms with Gasteiger partial charge in [-0.1, -0.05) is 0 Å². The van der Waals surface area contributed by atoms with Crippen molar-refractivity contribution < 1.29 is 4.74 Å². The Morgan fingerprint density at radius 3 is 3.00 bits per heavy atom. The Bertz CT molecular complexity index is 354. The maximum absolute atomic E-state index is 7.47. The third-order valence-electron chi connectivity index (χ3n) is 2.28. The van der Waals surface area contributed by atoms with Crippen LogP contribution in [0, 0.1) is 5.41 Å². The molecule has 1 aromatic heterocycles. The van der Waals surface area contributed by atoms with Gasteiger partial charge in [0.15, 0.2) is 0 Å². The Kier molecular flexibility index (Phi) is 4.72. The second-order valence-corrected chi connectivity index (χ2v) is 3.56. The molecular formula is C11H18N4O. The van der Waals surface area contributed by atoms with Crippen molar-refractivity contribution in [3.05, 3.63) is 23.9 Å². The smallest absolute Gasteiger partial charge is 0.139 e. The number of hydrogen-bond acceptors (Lipinski definition) is 4. The third kappa shape index (κ3) is 3.20. The van der Waals surface area contributed by atoms with Crippen LogP contribution in [0.1, 0.15) is 12.0 Å². The highest BCUT2D eigenvalue weighted by atomic mass is 16.5. The summed E-state index contributed by atoms with van der Waals surface area (Å²) in [6, 6.07) is 3.58. The maximum Gasteiger partial charge on any atom is 0.139 e. The Morgan fingerprint density at radius 2 is 2.38 bits per heavy atom. The molecule has 3 N–H and O–H groups in total. The van der Waals surface area contributed by atoms with E-state index >= 15 is 0 Å². The van der Waals surface area contributed by atoms with E-state index in [1.54, 1.807) is 25.4 Å². The van der Waals surface area contributed by atoms with Crippen molar-refractivity contribution in [1.29, 1.82) is 5.41 Å². The van der Waals surface area contributed by atoms with E-state index in [0.717, 1.165) is 18.8 Å². The van der Waals surface area contributed by atoms with Gasteiger partial charge in [0.05, 0.1) is 5.56 Å². The van der Waals surface area contributed by atoms with Gasteiger partial charge >= 0.3 is 0 Å². The Labute approximate surface area is 95.7 Å². The molecule has 0 aliphatic rings. The SMILES string of the molecule is COCCCN(C)c1ncccc1C(=N)N. The van der Waals surface area contributed by atoms with Crippen molar-refractivity contribution in [2.24, 2.45) is 5.73 Å². The minimum Gasteiger partial charge on any atom is -0.385 e. The first-order chi connectivity index (χ1) is 7.66. The van der Waals surface area contributed by atoms with E-state index in [1.165, 1.54) is 0 Å². The molecule has 5 heteroatoms. The summed E-state index contributed by atoms with van der Waals surface area (Å²) in [4.78, 5) is 6.22. The lowest BCUT2D eigenvalue weighted by molar-refractivity contribution is 0.196. The van der Waals surface area contributed by atoms with Gasteiger partial charge in [-0.3, -0.25) is 5.41 Å². The Balaban J connectivity index is 2.74. The molecule has 1 rings (SSSR count). The largest absolute Gasteiger partial charge is 0.385 e. The van der Waals surface area contributed by atoms with Crippen LogP contribution in [0.15, 0.2) is 18.3 Å². The number of nitrogens with zero attached hydrogens (tertiary/aromatic N) is 2. The van der Waals surface area contributed by atoms with Crippen LogP contribution in [0.2, 0.25) is 0 Å². The third-order valence-corrected chi connectivity index (χ3v) is 2.28. The molecule has 0 saturated carbocycles. The summed E-state index contributed by atoms with van der Waals surface area (Å²) >= 11 is 0. The van der Waals surface area contributed by atoms with Gasteiger partial charge in [-0.2, -0.15) is 0 Å². The predicted molar refractivity (Wildman–Crippen MR) is 65.0 cm³/mol. The summed E-state index contributed by atoms with van der Waals surface area (Å²) in [6.45, 7) is 1.54. The van der Waals surface area contributed by atoms with E-state index < -0.39 is 0 Å². The van der Waals surface area contributed by atoms with Crippen molar-refractivity contribution in [2.75, 3.05) is 32.2 Å². The molecule has 5 nitrogen and oxygen atoms in total. The molecule has 1 aromatic rings. The van der Waals surface area contributed by atoms with Gasteiger partial charge in [-0.25, -0.2) is 4.98 Å². The zero-order valence-electron chi connectivity index (χ0n) is 9.73. The molecule has 0 amide bonds. The first-order valence-corrected chi connectivity index (χ1v) is 5.16. The fourth-order valence-corrected chi connectivity index (χ4v) is 1.46. The molecule has 0 fully saturated rings. The number of amidine groups is 1. The van der Waals surface area contributed by atoms with Crippen LogP contribution in [0.5, 0.6) is 0 Å². The van der Waals surface area contributed by atoms with E-state index in [1.807, 2.05) is 11.9 Å². The number of hydrogen-bond donors (Lipinski definition) is 2. The van der Waals surface area contributed by atoms with Crippen LogP contribution < -0.4 is 10.6 Å². The van der Waals surface area contributed by atoms with Gasteiger partial charge in [-0.05, 0) is 18.6 Å². The fourth-order valence-electron chi connectivity index (χ4n) is 1.46. The van der Waals surface area contributed by atoms with Gasteiger partial charge in [0.2, 0.25) is 0 Å². The van der Waals surface area contributed by atoms with Gasteiger partial charge < -0.3 is 15.4 Å². The summed E-state index contributed by atoms with van der Waals surface area (Å²) in [7, 11) is 3.62. The number of ether oxygens (including phenoxy) is 1. The topological polar surface area (TPSA) is 75.2 Å². The predicted octanol–water partition coefficient (Wildman–Crippen LogP) is 0.838. The van der Waals surface area contributed by atoms with E-state index in [4.69, 9.17) is 15.9 Å². The highest BCUT2D eigenvalue weighted by molar-refractivity contribution is 5.99. The lowest BCUT2D eigenvalue weighted by Crippen LogP contribution is -2.25. The van der Waals surface area contributed by atoms with Crippen LogP contribution in [-0.2, 0) is 4.74 Å². The van der Waals surface area contributed by atoms with Crippen LogP contribution in [0.3, 0.4) is 0 Å². The summed E-state index contributed by atoms with van der Waals surface area (Å²) in [5, 5.41) is 7.47. The zero-order valence-corrected chi connectivity index (χ0v) is 9.73. The Hall–Kier alpha value is -1.62. The number of methoxy groups -OCH3 is 1. The highest BCUT2D eigenvalue weighted by Gasteiger charge is 2.09. The zero-order chi connectivity index (χ0) is 12.0. The first kappa shape index (κ1) is 12.4. The molecule has 1 heterocycles. The quantitative estimate of drug-likeness (QED) is 0.425. The molecule has 16 heavy (non-hydrogen) atoms. The van der Waals surface area contributed by atoms with Gasteiger partial charge in [0.1, 0.15) is 11.7 Å². The van der Waals surface area contributed by atoms with Crippen molar-refractivity contribution in [1.82, 2.24) is 4.98 Å². The maximum atomic E-state index is 7.47. The number of pyridine rings is 1. The summed E-state index contributed by atoms with van der Waals surface area (Å²) < 4.78 is 4.99. The van der Waals surface area contributed by atoms with Crippen molar-refractivity contribution >= 4 is 11.7 Å². The molecule has 0 bridgehead atoms. The molecule has 0 aliphatic heterocycles. The van der Waals surface area contributed by atoms with E-state index in [0.29, 0.717) is 12.2 Å². The van der Waals surface area contributed by atoms with Crippen molar-refractivity contribution in [3.63, 3.8) is 0 Å². The summed E-state index contributed by atoms with van der Waals surface area (Å²) in [5.74, 6) is 0.785. The minimum atomic E-state index is 0.0432. The number of nitrogen functional groups attached to an aromatic ring is 1. The second kappa shape index (κ2) is 6.07. The van der Waals surface area contributed by atoms with Crippen molar-refractivity contribution in [3.8, 4) is 0 Å². The fraction of sp³-hybridized carbons (Fsp3) is 0.455. The lowest BCUT2D eigenvalue weighted by atomic mass is 10.2. The number of aromatic nitrogens is 1. The van der Waals surface area contributed by atoms with E-state index in [-0.39, 0.29) is 5.84 Å². The number of rotatable bonds is 6. The first-order valence-electron chi connectivity index (χ1n) is 5.16. The molecule has 0 unspecified atom stereocenters. The van der Waals surface area contributed by atoms with Crippen LogP contribution >= 0.6 is 0 Å².